The van der Waals surface area contributed by atoms with Crippen molar-refractivity contribution in [3.63, 3.8) is 0 Å². The molecule has 1 aromatic carbocycles. The molecule has 1 aromatic heterocycles. The number of aliphatic hydroxyl groups excluding tert-OH is 1. The summed E-state index contributed by atoms with van der Waals surface area (Å²) in [5.41, 5.74) is 8.45. The highest BCUT2D eigenvalue weighted by Gasteiger charge is 2.07. The summed E-state index contributed by atoms with van der Waals surface area (Å²) >= 11 is 12.2. The van der Waals surface area contributed by atoms with Crippen LogP contribution >= 0.6 is 23.2 Å². The smallest absolute Gasteiger partial charge is 0.0696 e. The van der Waals surface area contributed by atoms with E-state index in [-0.39, 0.29) is 0 Å². The maximum Gasteiger partial charge on any atom is 0.0696 e. The Balaban J connectivity index is 0.00000218. The predicted octanol–water partition coefficient (Wildman–Crippen LogP) is 5.27. The van der Waals surface area contributed by atoms with Crippen LogP contribution in [-0.2, 0) is 17.7 Å². The van der Waals surface area contributed by atoms with Gasteiger partial charge in [-0.1, -0.05) is 48.2 Å². The van der Waals surface area contributed by atoms with E-state index >= 15 is 0 Å². The minimum Gasteiger partial charge on any atom is -0.400 e. The molecular formula is C23H35Cl2N3O2. The highest BCUT2D eigenvalue weighted by atomic mass is 35.5. The van der Waals surface area contributed by atoms with Crippen LogP contribution in [0.15, 0.2) is 36.5 Å². The number of ether oxygens (including phenoxy) is 1. The molecule has 0 aliphatic carbocycles. The summed E-state index contributed by atoms with van der Waals surface area (Å²) in [7, 11) is 1.00. The predicted molar refractivity (Wildman–Crippen MR) is 127 cm³/mol. The van der Waals surface area contributed by atoms with Crippen molar-refractivity contribution < 1.29 is 9.84 Å². The van der Waals surface area contributed by atoms with Crippen LogP contribution in [0, 0.1) is 0 Å². The Morgan fingerprint density at radius 1 is 0.967 bits per heavy atom. The monoisotopic (exact) mass is 455 g/mol. The topological polar surface area (TPSA) is 80.4 Å². The minimum absolute atomic E-state index is 0.458. The number of pyridine rings is 1. The molecule has 7 heteroatoms. The first-order valence-electron chi connectivity index (χ1n) is 10.5. The van der Waals surface area contributed by atoms with Gasteiger partial charge in [0.1, 0.15) is 0 Å². The first kappa shape index (κ1) is 26.7. The third-order valence-corrected chi connectivity index (χ3v) is 5.39. The lowest BCUT2D eigenvalue weighted by Gasteiger charge is -2.09. The van der Waals surface area contributed by atoms with Gasteiger partial charge in [0.05, 0.1) is 15.7 Å². The number of unbranched alkanes of at least 4 members (excludes halogenated alkanes) is 4. The molecule has 0 amide bonds. The minimum atomic E-state index is 0.458. The Kier molecular flexibility index (Phi) is 15.4. The number of rotatable bonds is 14. The van der Waals surface area contributed by atoms with E-state index in [1.807, 2.05) is 24.4 Å². The van der Waals surface area contributed by atoms with E-state index in [1.165, 1.54) is 12.8 Å². The van der Waals surface area contributed by atoms with Crippen LogP contribution in [0.2, 0.25) is 10.0 Å². The molecule has 0 unspecified atom stereocenters. The third kappa shape index (κ3) is 11.1. The van der Waals surface area contributed by atoms with Gasteiger partial charge in [-0.05, 0) is 62.4 Å². The van der Waals surface area contributed by atoms with Crippen molar-refractivity contribution in [2.45, 2.75) is 51.5 Å². The summed E-state index contributed by atoms with van der Waals surface area (Å²) in [6, 6.07) is 9.78. The van der Waals surface area contributed by atoms with Crippen molar-refractivity contribution in [2.75, 3.05) is 32.6 Å². The zero-order valence-electron chi connectivity index (χ0n) is 17.9. The largest absolute Gasteiger partial charge is 0.400 e. The summed E-state index contributed by atoms with van der Waals surface area (Å²) in [6.45, 7) is 3.38. The lowest BCUT2D eigenvalue weighted by molar-refractivity contribution is 0.126. The molecule has 0 saturated heterocycles. The second kappa shape index (κ2) is 17.3. The molecule has 5 nitrogen and oxygen atoms in total. The summed E-state index contributed by atoms with van der Waals surface area (Å²) in [5, 5.41) is 11.5. The maximum atomic E-state index is 7.00. The van der Waals surface area contributed by atoms with Crippen molar-refractivity contribution in [2.24, 2.45) is 0 Å². The quantitative estimate of drug-likeness (QED) is 0.267. The number of halogens is 2. The van der Waals surface area contributed by atoms with Crippen molar-refractivity contribution in [1.29, 1.82) is 0 Å². The first-order chi connectivity index (χ1) is 14.7. The first-order valence-corrected chi connectivity index (χ1v) is 11.3. The standard InChI is InChI=1S/C22H31Cl2N3O.CH4O/c23-20-12-11-18(21(24)22(20)25)17-26-13-5-1-2-7-15-28-16-8-4-10-19-9-3-6-14-27-19;1-2/h3,6,9,11-12,14,26H,1-2,4-5,7-8,10,13,15-17,25H2;2H,1H3. The molecule has 0 bridgehead atoms. The summed E-state index contributed by atoms with van der Waals surface area (Å²) < 4.78 is 5.72. The van der Waals surface area contributed by atoms with Gasteiger partial charge in [-0.15, -0.1) is 0 Å². The Morgan fingerprint density at radius 3 is 2.43 bits per heavy atom. The zero-order chi connectivity index (χ0) is 22.0. The third-order valence-electron chi connectivity index (χ3n) is 4.61. The van der Waals surface area contributed by atoms with Crippen LogP contribution in [0.3, 0.4) is 0 Å². The van der Waals surface area contributed by atoms with Crippen molar-refractivity contribution in [1.82, 2.24) is 10.3 Å². The highest BCUT2D eigenvalue weighted by Crippen LogP contribution is 2.30. The molecule has 30 heavy (non-hydrogen) atoms. The van der Waals surface area contributed by atoms with Gasteiger partial charge >= 0.3 is 0 Å². The molecule has 2 rings (SSSR count). The van der Waals surface area contributed by atoms with Gasteiger partial charge in [-0.2, -0.15) is 0 Å². The average molecular weight is 456 g/mol. The van der Waals surface area contributed by atoms with Crippen LogP contribution in [0.1, 0.15) is 49.8 Å². The molecule has 2 aromatic rings. The molecule has 0 aliphatic heterocycles. The molecule has 0 saturated carbocycles. The Hall–Kier alpha value is -1.37. The molecule has 168 valence electrons. The lowest BCUT2D eigenvalue weighted by Crippen LogP contribution is -2.15. The number of hydrogen-bond acceptors (Lipinski definition) is 5. The molecule has 1 heterocycles. The lowest BCUT2D eigenvalue weighted by atomic mass is 10.1. The molecule has 0 radical (unpaired) electrons. The second-order valence-electron chi connectivity index (χ2n) is 6.92. The Bertz CT molecular complexity index is 688. The van der Waals surface area contributed by atoms with E-state index < -0.39 is 0 Å². The average Bonchev–Trinajstić information content (AvgIpc) is 2.78. The van der Waals surface area contributed by atoms with Crippen molar-refractivity contribution >= 4 is 28.9 Å². The summed E-state index contributed by atoms with van der Waals surface area (Å²) in [4.78, 5) is 4.33. The zero-order valence-corrected chi connectivity index (χ0v) is 19.4. The number of aliphatic hydroxyl groups is 1. The highest BCUT2D eigenvalue weighted by molar-refractivity contribution is 6.39. The van der Waals surface area contributed by atoms with Gasteiger partial charge in [-0.3, -0.25) is 4.98 Å². The summed E-state index contributed by atoms with van der Waals surface area (Å²) in [5.74, 6) is 0. The van der Waals surface area contributed by atoms with Crippen LogP contribution < -0.4 is 11.1 Å². The number of aromatic nitrogens is 1. The fraction of sp³-hybridized carbons (Fsp3) is 0.522. The number of hydrogen-bond donors (Lipinski definition) is 3. The number of nitrogen functional groups attached to an aromatic ring is 1. The Labute approximate surface area is 190 Å². The number of nitrogens with zero attached hydrogens (tertiary/aromatic N) is 1. The Morgan fingerprint density at radius 2 is 1.70 bits per heavy atom. The van der Waals surface area contributed by atoms with Crippen molar-refractivity contribution in [3.8, 4) is 0 Å². The van der Waals surface area contributed by atoms with Gasteiger partial charge in [0.25, 0.3) is 0 Å². The summed E-state index contributed by atoms with van der Waals surface area (Å²) in [6.07, 6.45) is 9.78. The maximum absolute atomic E-state index is 7.00. The van der Waals surface area contributed by atoms with E-state index in [0.717, 1.165) is 70.2 Å². The molecular weight excluding hydrogens is 421 g/mol. The van der Waals surface area contributed by atoms with Crippen LogP contribution in [0.5, 0.6) is 0 Å². The van der Waals surface area contributed by atoms with Crippen molar-refractivity contribution in [3.05, 3.63) is 57.8 Å². The fourth-order valence-corrected chi connectivity index (χ4v) is 3.38. The van der Waals surface area contributed by atoms with Gasteiger partial charge in [0.2, 0.25) is 0 Å². The van der Waals surface area contributed by atoms with Gasteiger partial charge in [-0.25, -0.2) is 0 Å². The van der Waals surface area contributed by atoms with Crippen LogP contribution in [0.4, 0.5) is 5.69 Å². The molecule has 0 spiro atoms. The van der Waals surface area contributed by atoms with E-state index in [1.54, 1.807) is 6.07 Å². The fourth-order valence-electron chi connectivity index (χ4n) is 2.94. The van der Waals surface area contributed by atoms with Gasteiger partial charge < -0.3 is 20.9 Å². The van der Waals surface area contributed by atoms with E-state index in [0.29, 0.717) is 22.3 Å². The second-order valence-corrected chi connectivity index (χ2v) is 7.70. The number of nitrogens with two attached hydrogens (primary N) is 1. The number of anilines is 1. The van der Waals surface area contributed by atoms with Gasteiger partial charge in [0, 0.05) is 38.8 Å². The molecule has 0 atom stereocenters. The normalized spacial score (nSPS) is 10.5. The SMILES string of the molecule is CO.Nc1c(Cl)ccc(CNCCCCCCOCCCCc2ccccn2)c1Cl. The number of aryl methyl sites for hydroxylation is 1. The molecule has 0 aliphatic rings. The van der Waals surface area contributed by atoms with Gasteiger partial charge in [0.15, 0.2) is 0 Å². The van der Waals surface area contributed by atoms with E-state index in [2.05, 4.69) is 16.4 Å². The molecule has 0 fully saturated rings. The molecule has 4 N–H and O–H groups in total. The number of nitrogens with one attached hydrogen (secondary N) is 1. The van der Waals surface area contributed by atoms with E-state index in [9.17, 15) is 0 Å². The number of benzene rings is 1. The van der Waals surface area contributed by atoms with Crippen LogP contribution in [0.25, 0.3) is 0 Å². The van der Waals surface area contributed by atoms with E-state index in [4.69, 9.17) is 38.8 Å². The van der Waals surface area contributed by atoms with Crippen LogP contribution in [-0.4, -0.2) is 37.0 Å².